The summed E-state index contributed by atoms with van der Waals surface area (Å²) in [5.74, 6) is 2.61. The van der Waals surface area contributed by atoms with Crippen molar-refractivity contribution in [2.45, 2.75) is 39.3 Å². The maximum absolute atomic E-state index is 6.02. The van der Waals surface area contributed by atoms with E-state index >= 15 is 0 Å². The van der Waals surface area contributed by atoms with Gasteiger partial charge in [-0.1, -0.05) is 18.2 Å². The van der Waals surface area contributed by atoms with Crippen molar-refractivity contribution < 1.29 is 9.15 Å². The molecule has 0 saturated heterocycles. The first-order chi connectivity index (χ1) is 11.5. The average Bonchev–Trinajstić information content (AvgIpc) is 3.04. The molecule has 5 nitrogen and oxygen atoms in total. The van der Waals surface area contributed by atoms with Crippen LogP contribution in [0.1, 0.15) is 32.1 Å². The number of hydrogen-bond donors (Lipinski definition) is 2. The number of para-hydroxylation sites is 1. The van der Waals surface area contributed by atoms with Crippen molar-refractivity contribution >= 4 is 5.96 Å². The lowest BCUT2D eigenvalue weighted by atomic mass is 10.1. The fourth-order valence-electron chi connectivity index (χ4n) is 2.24. The number of benzene rings is 1. The van der Waals surface area contributed by atoms with Gasteiger partial charge in [-0.3, -0.25) is 4.99 Å². The SMILES string of the molecule is CN=C(NCCc1ccco1)NCc1ccccc1OC(C)(C)C. The lowest BCUT2D eigenvalue weighted by Gasteiger charge is -2.23. The minimum absolute atomic E-state index is 0.223. The summed E-state index contributed by atoms with van der Waals surface area (Å²) >= 11 is 0. The summed E-state index contributed by atoms with van der Waals surface area (Å²) in [5, 5.41) is 6.60. The Bertz CT molecular complexity index is 643. The quantitative estimate of drug-likeness (QED) is 0.630. The molecule has 0 atom stereocenters. The molecule has 130 valence electrons. The summed E-state index contributed by atoms with van der Waals surface area (Å²) in [6.07, 6.45) is 2.51. The van der Waals surface area contributed by atoms with Gasteiger partial charge in [-0.25, -0.2) is 0 Å². The second-order valence-electron chi connectivity index (χ2n) is 6.50. The zero-order valence-corrected chi connectivity index (χ0v) is 14.9. The van der Waals surface area contributed by atoms with E-state index in [4.69, 9.17) is 9.15 Å². The molecule has 0 aliphatic rings. The van der Waals surface area contributed by atoms with Gasteiger partial charge in [0.05, 0.1) is 6.26 Å². The van der Waals surface area contributed by atoms with Gasteiger partial charge in [-0.2, -0.15) is 0 Å². The van der Waals surface area contributed by atoms with Crippen LogP contribution in [0.5, 0.6) is 5.75 Å². The number of nitrogens with zero attached hydrogens (tertiary/aromatic N) is 1. The first-order valence-corrected chi connectivity index (χ1v) is 8.22. The van der Waals surface area contributed by atoms with Crippen molar-refractivity contribution in [3.05, 3.63) is 54.0 Å². The molecule has 0 saturated carbocycles. The van der Waals surface area contributed by atoms with Crippen LogP contribution < -0.4 is 15.4 Å². The number of rotatable bonds is 6. The van der Waals surface area contributed by atoms with Gasteiger partial charge < -0.3 is 19.8 Å². The maximum atomic E-state index is 6.02. The first kappa shape index (κ1) is 17.9. The Morgan fingerprint density at radius 2 is 1.92 bits per heavy atom. The molecule has 0 bridgehead atoms. The van der Waals surface area contributed by atoms with Gasteiger partial charge in [0.15, 0.2) is 5.96 Å². The van der Waals surface area contributed by atoms with E-state index in [2.05, 4.69) is 21.7 Å². The Morgan fingerprint density at radius 3 is 2.58 bits per heavy atom. The van der Waals surface area contributed by atoms with Crippen LogP contribution in [0.25, 0.3) is 0 Å². The van der Waals surface area contributed by atoms with Gasteiger partial charge in [0.1, 0.15) is 17.1 Å². The molecular weight excluding hydrogens is 302 g/mol. The molecule has 2 N–H and O–H groups in total. The average molecular weight is 329 g/mol. The topological polar surface area (TPSA) is 58.8 Å². The Balaban J connectivity index is 1.86. The van der Waals surface area contributed by atoms with Crippen molar-refractivity contribution in [2.75, 3.05) is 13.6 Å². The van der Waals surface area contributed by atoms with E-state index in [1.54, 1.807) is 13.3 Å². The maximum Gasteiger partial charge on any atom is 0.191 e. The smallest absolute Gasteiger partial charge is 0.191 e. The van der Waals surface area contributed by atoms with E-state index in [1.807, 2.05) is 51.1 Å². The molecule has 5 heteroatoms. The number of nitrogens with one attached hydrogen (secondary N) is 2. The van der Waals surface area contributed by atoms with Crippen molar-refractivity contribution in [3.63, 3.8) is 0 Å². The minimum atomic E-state index is -0.223. The fraction of sp³-hybridized carbons (Fsp3) is 0.421. The number of ether oxygens (including phenoxy) is 1. The molecule has 0 aliphatic carbocycles. The molecule has 1 aromatic heterocycles. The molecule has 0 unspecified atom stereocenters. The van der Waals surface area contributed by atoms with Gasteiger partial charge >= 0.3 is 0 Å². The number of guanidine groups is 1. The van der Waals surface area contributed by atoms with Crippen molar-refractivity contribution in [1.82, 2.24) is 10.6 Å². The highest BCUT2D eigenvalue weighted by Gasteiger charge is 2.14. The first-order valence-electron chi connectivity index (χ1n) is 8.22. The lowest BCUT2D eigenvalue weighted by molar-refractivity contribution is 0.129. The third-order valence-corrected chi connectivity index (χ3v) is 3.30. The van der Waals surface area contributed by atoms with Crippen LogP contribution in [0.3, 0.4) is 0 Å². The molecule has 1 aromatic carbocycles. The largest absolute Gasteiger partial charge is 0.488 e. The van der Waals surface area contributed by atoms with E-state index in [0.717, 1.165) is 36.0 Å². The zero-order valence-electron chi connectivity index (χ0n) is 14.9. The van der Waals surface area contributed by atoms with Crippen molar-refractivity contribution in [2.24, 2.45) is 4.99 Å². The van der Waals surface area contributed by atoms with Crippen LogP contribution in [0.15, 0.2) is 52.1 Å². The van der Waals surface area contributed by atoms with E-state index in [9.17, 15) is 0 Å². The fourth-order valence-corrected chi connectivity index (χ4v) is 2.24. The van der Waals surface area contributed by atoms with Crippen molar-refractivity contribution in [1.29, 1.82) is 0 Å². The zero-order chi connectivity index (χ0) is 17.4. The normalized spacial score (nSPS) is 12.1. The van der Waals surface area contributed by atoms with Crippen LogP contribution in [-0.4, -0.2) is 25.2 Å². The van der Waals surface area contributed by atoms with Gasteiger partial charge in [0.2, 0.25) is 0 Å². The molecule has 0 aliphatic heterocycles. The summed E-state index contributed by atoms with van der Waals surface area (Å²) in [6, 6.07) is 11.9. The molecule has 0 amide bonds. The Kier molecular flexibility index (Phi) is 6.29. The predicted octanol–water partition coefficient (Wildman–Crippen LogP) is 3.36. The van der Waals surface area contributed by atoms with E-state index in [0.29, 0.717) is 6.54 Å². The summed E-state index contributed by atoms with van der Waals surface area (Å²) in [4.78, 5) is 4.25. The monoisotopic (exact) mass is 329 g/mol. The minimum Gasteiger partial charge on any atom is -0.488 e. The van der Waals surface area contributed by atoms with Crippen LogP contribution >= 0.6 is 0 Å². The van der Waals surface area contributed by atoms with Gasteiger partial charge in [-0.15, -0.1) is 0 Å². The molecule has 0 spiro atoms. The second-order valence-corrected chi connectivity index (χ2v) is 6.50. The second kappa shape index (κ2) is 8.43. The Morgan fingerprint density at radius 1 is 1.12 bits per heavy atom. The summed E-state index contributed by atoms with van der Waals surface area (Å²) < 4.78 is 11.3. The number of hydrogen-bond acceptors (Lipinski definition) is 3. The standard InChI is InChI=1S/C19H27N3O2/c1-19(2,3)24-17-10-6-5-8-15(17)14-22-18(20-4)21-12-11-16-9-7-13-23-16/h5-10,13H,11-12,14H2,1-4H3,(H2,20,21,22). The highest BCUT2D eigenvalue weighted by Crippen LogP contribution is 2.22. The lowest BCUT2D eigenvalue weighted by Crippen LogP contribution is -2.38. The van der Waals surface area contributed by atoms with Crippen LogP contribution in [-0.2, 0) is 13.0 Å². The van der Waals surface area contributed by atoms with E-state index < -0.39 is 0 Å². The molecular formula is C19H27N3O2. The molecule has 1 heterocycles. The number of aliphatic imine (C=N–C) groups is 1. The van der Waals surface area contributed by atoms with Crippen LogP contribution in [0.2, 0.25) is 0 Å². The van der Waals surface area contributed by atoms with Crippen molar-refractivity contribution in [3.8, 4) is 5.75 Å². The van der Waals surface area contributed by atoms with Crippen LogP contribution in [0.4, 0.5) is 0 Å². The van der Waals surface area contributed by atoms with E-state index in [-0.39, 0.29) is 5.60 Å². The predicted molar refractivity (Wildman–Crippen MR) is 97.4 cm³/mol. The third kappa shape index (κ3) is 5.99. The Labute approximate surface area is 144 Å². The van der Waals surface area contributed by atoms with Gasteiger partial charge in [0.25, 0.3) is 0 Å². The molecule has 2 aromatic rings. The van der Waals surface area contributed by atoms with Crippen LogP contribution in [0, 0.1) is 0 Å². The van der Waals surface area contributed by atoms with E-state index in [1.165, 1.54) is 0 Å². The molecule has 24 heavy (non-hydrogen) atoms. The molecule has 2 rings (SSSR count). The summed E-state index contributed by atoms with van der Waals surface area (Å²) in [7, 11) is 1.76. The van der Waals surface area contributed by atoms with Gasteiger partial charge in [-0.05, 0) is 39.0 Å². The van der Waals surface area contributed by atoms with Gasteiger partial charge in [0, 0.05) is 32.1 Å². The summed E-state index contributed by atoms with van der Waals surface area (Å²) in [5.41, 5.74) is 0.875. The summed E-state index contributed by atoms with van der Waals surface area (Å²) in [6.45, 7) is 7.55. The number of furan rings is 1. The molecule has 0 fully saturated rings. The Hall–Kier alpha value is -2.43. The third-order valence-electron chi connectivity index (χ3n) is 3.30. The highest BCUT2D eigenvalue weighted by atomic mass is 16.5. The molecule has 0 radical (unpaired) electrons. The highest BCUT2D eigenvalue weighted by molar-refractivity contribution is 5.79.